The smallest absolute Gasteiger partial charge is 0.193 e. The standard InChI is InChI=1S/C17H17N3O/c1-20(2)11-16-18-14-9-8-13(10-15(14)19-16)17(21)12-6-4-3-5-7-12/h3-10H,11H2,1-2H3,(H,18,19). The molecule has 1 heterocycles. The molecule has 0 atom stereocenters. The molecular weight excluding hydrogens is 262 g/mol. The first kappa shape index (κ1) is 13.5. The molecule has 0 aliphatic carbocycles. The minimum atomic E-state index is 0.0289. The van der Waals surface area contributed by atoms with Crippen LogP contribution in [0.4, 0.5) is 0 Å². The maximum absolute atomic E-state index is 12.4. The number of aromatic amines is 1. The van der Waals surface area contributed by atoms with Gasteiger partial charge in [0.2, 0.25) is 0 Å². The molecule has 106 valence electrons. The third kappa shape index (κ3) is 2.85. The number of nitrogens with one attached hydrogen (secondary N) is 1. The van der Waals surface area contributed by atoms with E-state index in [-0.39, 0.29) is 5.78 Å². The number of ketones is 1. The molecule has 4 heteroatoms. The van der Waals surface area contributed by atoms with E-state index in [2.05, 4.69) is 9.97 Å². The molecular formula is C17H17N3O. The van der Waals surface area contributed by atoms with Crippen molar-refractivity contribution in [2.45, 2.75) is 6.54 Å². The Balaban J connectivity index is 1.95. The van der Waals surface area contributed by atoms with Gasteiger partial charge in [0.1, 0.15) is 5.82 Å². The molecule has 0 bridgehead atoms. The number of nitrogens with zero attached hydrogens (tertiary/aromatic N) is 2. The lowest BCUT2D eigenvalue weighted by Gasteiger charge is -2.05. The van der Waals surface area contributed by atoms with Crippen LogP contribution in [0.3, 0.4) is 0 Å². The topological polar surface area (TPSA) is 49.0 Å². The van der Waals surface area contributed by atoms with E-state index in [0.717, 1.165) is 23.4 Å². The number of rotatable bonds is 4. The fourth-order valence-corrected chi connectivity index (χ4v) is 2.33. The third-order valence-corrected chi connectivity index (χ3v) is 3.30. The molecule has 0 aliphatic rings. The number of aromatic nitrogens is 2. The second kappa shape index (κ2) is 5.50. The Bertz CT molecular complexity index is 775. The summed E-state index contributed by atoms with van der Waals surface area (Å²) in [6, 6.07) is 14.9. The van der Waals surface area contributed by atoms with E-state index >= 15 is 0 Å². The van der Waals surface area contributed by atoms with Crippen LogP contribution in [-0.2, 0) is 6.54 Å². The number of carbonyl (C=O) groups excluding carboxylic acids is 1. The highest BCUT2D eigenvalue weighted by Crippen LogP contribution is 2.17. The molecule has 0 aliphatic heterocycles. The van der Waals surface area contributed by atoms with Crippen molar-refractivity contribution in [3.05, 3.63) is 65.5 Å². The zero-order chi connectivity index (χ0) is 14.8. The Hall–Kier alpha value is -2.46. The third-order valence-electron chi connectivity index (χ3n) is 3.30. The first-order valence-electron chi connectivity index (χ1n) is 6.86. The number of fused-ring (bicyclic) bond motifs is 1. The average Bonchev–Trinajstić information content (AvgIpc) is 2.87. The van der Waals surface area contributed by atoms with Crippen molar-refractivity contribution in [1.29, 1.82) is 0 Å². The molecule has 3 rings (SSSR count). The minimum Gasteiger partial charge on any atom is -0.341 e. The number of hydrogen-bond acceptors (Lipinski definition) is 3. The van der Waals surface area contributed by atoms with Gasteiger partial charge in [-0.25, -0.2) is 4.98 Å². The molecule has 4 nitrogen and oxygen atoms in total. The van der Waals surface area contributed by atoms with E-state index in [1.165, 1.54) is 0 Å². The lowest BCUT2D eigenvalue weighted by atomic mass is 10.0. The van der Waals surface area contributed by atoms with Crippen molar-refractivity contribution in [1.82, 2.24) is 14.9 Å². The average molecular weight is 279 g/mol. The highest BCUT2D eigenvalue weighted by atomic mass is 16.1. The number of H-pyrrole nitrogens is 1. The van der Waals surface area contributed by atoms with Crippen LogP contribution in [0.1, 0.15) is 21.7 Å². The molecule has 0 fully saturated rings. The highest BCUT2D eigenvalue weighted by molar-refractivity contribution is 6.10. The molecule has 3 aromatic rings. The fraction of sp³-hybridized carbons (Fsp3) is 0.176. The second-order valence-corrected chi connectivity index (χ2v) is 5.35. The van der Waals surface area contributed by atoms with E-state index in [1.807, 2.05) is 67.5 Å². The predicted molar refractivity (Wildman–Crippen MR) is 83.4 cm³/mol. The van der Waals surface area contributed by atoms with E-state index in [1.54, 1.807) is 0 Å². The summed E-state index contributed by atoms with van der Waals surface area (Å²) in [4.78, 5) is 22.3. The molecule has 0 spiro atoms. The van der Waals surface area contributed by atoms with Gasteiger partial charge in [-0.15, -0.1) is 0 Å². The lowest BCUT2D eigenvalue weighted by molar-refractivity contribution is 0.103. The SMILES string of the molecule is CN(C)Cc1nc2ccc(C(=O)c3ccccc3)cc2[nH]1. The molecule has 2 aromatic carbocycles. The normalized spacial score (nSPS) is 11.2. The van der Waals surface area contributed by atoms with E-state index in [9.17, 15) is 4.79 Å². The van der Waals surface area contributed by atoms with Crippen LogP contribution < -0.4 is 0 Å². The van der Waals surface area contributed by atoms with Crippen molar-refractivity contribution in [2.24, 2.45) is 0 Å². The van der Waals surface area contributed by atoms with Gasteiger partial charge in [0.05, 0.1) is 17.6 Å². The van der Waals surface area contributed by atoms with Gasteiger partial charge in [-0.2, -0.15) is 0 Å². The molecule has 21 heavy (non-hydrogen) atoms. The van der Waals surface area contributed by atoms with Gasteiger partial charge < -0.3 is 9.88 Å². The maximum atomic E-state index is 12.4. The molecule has 0 radical (unpaired) electrons. The van der Waals surface area contributed by atoms with Crippen LogP contribution in [0.15, 0.2) is 48.5 Å². The van der Waals surface area contributed by atoms with Gasteiger partial charge in [0, 0.05) is 11.1 Å². The van der Waals surface area contributed by atoms with Crippen molar-refractivity contribution in [3.63, 3.8) is 0 Å². The summed E-state index contributed by atoms with van der Waals surface area (Å²) in [6.07, 6.45) is 0. The van der Waals surface area contributed by atoms with Gasteiger partial charge >= 0.3 is 0 Å². The van der Waals surface area contributed by atoms with Crippen LogP contribution >= 0.6 is 0 Å². The zero-order valence-corrected chi connectivity index (χ0v) is 12.1. The summed E-state index contributed by atoms with van der Waals surface area (Å²) in [6.45, 7) is 0.747. The Morgan fingerprint density at radius 3 is 2.57 bits per heavy atom. The molecule has 0 amide bonds. The van der Waals surface area contributed by atoms with Crippen LogP contribution in [0.25, 0.3) is 11.0 Å². The zero-order valence-electron chi connectivity index (χ0n) is 12.1. The Morgan fingerprint density at radius 2 is 1.86 bits per heavy atom. The summed E-state index contributed by atoms with van der Waals surface area (Å²) in [5.74, 6) is 0.931. The van der Waals surface area contributed by atoms with Crippen molar-refractivity contribution in [2.75, 3.05) is 14.1 Å². The quantitative estimate of drug-likeness (QED) is 0.747. The Labute approximate surface area is 123 Å². The highest BCUT2D eigenvalue weighted by Gasteiger charge is 2.11. The number of benzene rings is 2. The molecule has 1 N–H and O–H groups in total. The Morgan fingerprint density at radius 1 is 1.10 bits per heavy atom. The van der Waals surface area contributed by atoms with E-state index in [4.69, 9.17) is 0 Å². The first-order chi connectivity index (χ1) is 10.1. The largest absolute Gasteiger partial charge is 0.341 e. The summed E-state index contributed by atoms with van der Waals surface area (Å²) in [5.41, 5.74) is 3.16. The lowest BCUT2D eigenvalue weighted by Crippen LogP contribution is -2.11. The number of imidazole rings is 1. The maximum Gasteiger partial charge on any atom is 0.193 e. The van der Waals surface area contributed by atoms with Gasteiger partial charge in [-0.05, 0) is 32.3 Å². The van der Waals surface area contributed by atoms with Gasteiger partial charge in [0.25, 0.3) is 0 Å². The predicted octanol–water partition coefficient (Wildman–Crippen LogP) is 2.86. The van der Waals surface area contributed by atoms with Crippen LogP contribution in [-0.4, -0.2) is 34.7 Å². The van der Waals surface area contributed by atoms with Crippen molar-refractivity contribution >= 4 is 16.8 Å². The van der Waals surface area contributed by atoms with Crippen molar-refractivity contribution < 1.29 is 4.79 Å². The first-order valence-corrected chi connectivity index (χ1v) is 6.86. The van der Waals surface area contributed by atoms with Crippen LogP contribution in [0.5, 0.6) is 0 Å². The van der Waals surface area contributed by atoms with E-state index < -0.39 is 0 Å². The molecule has 0 unspecified atom stereocenters. The van der Waals surface area contributed by atoms with Gasteiger partial charge in [-0.1, -0.05) is 30.3 Å². The number of hydrogen-bond donors (Lipinski definition) is 1. The number of carbonyl (C=O) groups is 1. The monoisotopic (exact) mass is 279 g/mol. The summed E-state index contributed by atoms with van der Waals surface area (Å²) < 4.78 is 0. The van der Waals surface area contributed by atoms with Crippen molar-refractivity contribution in [3.8, 4) is 0 Å². The van der Waals surface area contributed by atoms with E-state index in [0.29, 0.717) is 11.1 Å². The summed E-state index contributed by atoms with van der Waals surface area (Å²) >= 11 is 0. The van der Waals surface area contributed by atoms with Gasteiger partial charge in [-0.3, -0.25) is 4.79 Å². The van der Waals surface area contributed by atoms with Gasteiger partial charge in [0.15, 0.2) is 5.78 Å². The second-order valence-electron chi connectivity index (χ2n) is 5.35. The summed E-state index contributed by atoms with van der Waals surface area (Å²) in [7, 11) is 4.00. The Kier molecular flexibility index (Phi) is 3.54. The summed E-state index contributed by atoms with van der Waals surface area (Å²) in [5, 5.41) is 0. The van der Waals surface area contributed by atoms with Crippen LogP contribution in [0, 0.1) is 0 Å². The molecule has 1 aromatic heterocycles. The molecule has 0 saturated carbocycles. The van der Waals surface area contributed by atoms with Crippen LogP contribution in [0.2, 0.25) is 0 Å². The minimum absolute atomic E-state index is 0.0289. The fourth-order valence-electron chi connectivity index (χ4n) is 2.33. The molecule has 0 saturated heterocycles.